The van der Waals surface area contributed by atoms with E-state index < -0.39 is 0 Å². The monoisotopic (exact) mass is 420 g/mol. The van der Waals surface area contributed by atoms with Gasteiger partial charge in [0.25, 0.3) is 5.91 Å². The standard InChI is InChI=1S/C25H32N4O2/c1-7-29-23-12-11-19(13-22(23)18(2)15-25(29,3)4)16-26-27-24(30)17-31-21-10-8-9-20(14-21)28(5)6/h8-16H,7,17H2,1-6H3,(H,27,30)/b26-16+. The molecular formula is C25H32N4O2. The molecule has 0 saturated carbocycles. The number of hydrazone groups is 1. The Morgan fingerprint density at radius 3 is 2.71 bits per heavy atom. The van der Waals surface area contributed by atoms with Gasteiger partial charge in [-0.3, -0.25) is 4.79 Å². The second kappa shape index (κ2) is 9.25. The highest BCUT2D eigenvalue weighted by molar-refractivity contribution is 5.88. The van der Waals surface area contributed by atoms with Gasteiger partial charge in [0.1, 0.15) is 5.75 Å². The van der Waals surface area contributed by atoms with E-state index >= 15 is 0 Å². The summed E-state index contributed by atoms with van der Waals surface area (Å²) in [6.07, 6.45) is 3.96. The lowest BCUT2D eigenvalue weighted by Gasteiger charge is -2.42. The van der Waals surface area contributed by atoms with Crippen LogP contribution in [0.4, 0.5) is 11.4 Å². The van der Waals surface area contributed by atoms with E-state index in [9.17, 15) is 4.79 Å². The first kappa shape index (κ1) is 22.4. The molecule has 1 amide bonds. The molecule has 1 N–H and O–H groups in total. The molecule has 6 heteroatoms. The zero-order chi connectivity index (χ0) is 22.6. The average molecular weight is 421 g/mol. The highest BCUT2D eigenvalue weighted by Crippen LogP contribution is 2.38. The van der Waals surface area contributed by atoms with E-state index in [0.29, 0.717) is 5.75 Å². The second-order valence-electron chi connectivity index (χ2n) is 8.48. The molecule has 31 heavy (non-hydrogen) atoms. The van der Waals surface area contributed by atoms with Crippen LogP contribution in [0.5, 0.6) is 5.75 Å². The van der Waals surface area contributed by atoms with Crippen LogP contribution in [0.15, 0.2) is 53.6 Å². The molecule has 0 saturated heterocycles. The average Bonchev–Trinajstić information content (AvgIpc) is 2.72. The highest BCUT2D eigenvalue weighted by atomic mass is 16.5. The number of amides is 1. The summed E-state index contributed by atoms with van der Waals surface area (Å²) in [5.74, 6) is 0.338. The number of nitrogens with one attached hydrogen (secondary N) is 1. The number of carbonyl (C=O) groups is 1. The van der Waals surface area contributed by atoms with Crippen molar-refractivity contribution in [1.29, 1.82) is 0 Å². The molecule has 0 aromatic heterocycles. The summed E-state index contributed by atoms with van der Waals surface area (Å²) in [6, 6.07) is 13.9. The summed E-state index contributed by atoms with van der Waals surface area (Å²) < 4.78 is 5.57. The number of fused-ring (bicyclic) bond motifs is 1. The Kier molecular flexibility index (Phi) is 6.68. The minimum Gasteiger partial charge on any atom is -0.484 e. The zero-order valence-corrected chi connectivity index (χ0v) is 19.3. The van der Waals surface area contributed by atoms with Crippen LogP contribution in [0.1, 0.15) is 38.8 Å². The molecule has 0 fully saturated rings. The van der Waals surface area contributed by atoms with Gasteiger partial charge >= 0.3 is 0 Å². The Morgan fingerprint density at radius 1 is 1.23 bits per heavy atom. The normalized spacial score (nSPS) is 14.8. The van der Waals surface area contributed by atoms with Crippen LogP contribution in [0.3, 0.4) is 0 Å². The summed E-state index contributed by atoms with van der Waals surface area (Å²) >= 11 is 0. The van der Waals surface area contributed by atoms with Crippen molar-refractivity contribution in [2.24, 2.45) is 5.10 Å². The van der Waals surface area contributed by atoms with Gasteiger partial charge in [-0.15, -0.1) is 0 Å². The maximum absolute atomic E-state index is 12.1. The smallest absolute Gasteiger partial charge is 0.277 e. The lowest BCUT2D eigenvalue weighted by atomic mass is 9.88. The number of benzene rings is 2. The first-order valence-corrected chi connectivity index (χ1v) is 10.5. The number of rotatable bonds is 7. The van der Waals surface area contributed by atoms with Gasteiger partial charge in [-0.25, -0.2) is 5.43 Å². The number of hydrogen-bond acceptors (Lipinski definition) is 5. The molecule has 0 atom stereocenters. The van der Waals surface area contributed by atoms with Gasteiger partial charge < -0.3 is 14.5 Å². The van der Waals surface area contributed by atoms with Crippen molar-refractivity contribution >= 4 is 29.1 Å². The van der Waals surface area contributed by atoms with Crippen molar-refractivity contribution in [2.45, 2.75) is 33.2 Å². The summed E-state index contributed by atoms with van der Waals surface area (Å²) in [4.78, 5) is 16.5. The van der Waals surface area contributed by atoms with Gasteiger partial charge in [0.05, 0.1) is 11.8 Å². The molecule has 164 valence electrons. The van der Waals surface area contributed by atoms with Crippen molar-refractivity contribution in [1.82, 2.24) is 5.43 Å². The summed E-state index contributed by atoms with van der Waals surface area (Å²) in [5, 5.41) is 4.10. The summed E-state index contributed by atoms with van der Waals surface area (Å²) in [5.41, 5.74) is 8.13. The number of ether oxygens (including phenoxy) is 1. The third kappa shape index (κ3) is 5.26. The number of allylic oxidation sites excluding steroid dienone is 1. The maximum atomic E-state index is 12.1. The maximum Gasteiger partial charge on any atom is 0.277 e. The second-order valence-corrected chi connectivity index (χ2v) is 8.48. The Hall–Kier alpha value is -3.28. The number of likely N-dealkylation sites (N-methyl/N-ethyl adjacent to an activating group) is 1. The van der Waals surface area contributed by atoms with E-state index in [1.807, 2.05) is 49.3 Å². The van der Waals surface area contributed by atoms with Crippen molar-refractivity contribution < 1.29 is 9.53 Å². The fraction of sp³-hybridized carbons (Fsp3) is 0.360. The minimum absolute atomic E-state index is 0.0124. The van der Waals surface area contributed by atoms with Crippen LogP contribution >= 0.6 is 0 Å². The van der Waals surface area contributed by atoms with E-state index in [1.54, 1.807) is 6.21 Å². The number of carbonyl (C=O) groups excluding carboxylic acids is 1. The molecule has 0 spiro atoms. The largest absolute Gasteiger partial charge is 0.484 e. The fourth-order valence-corrected chi connectivity index (χ4v) is 3.97. The van der Waals surface area contributed by atoms with Crippen LogP contribution in [0.2, 0.25) is 0 Å². The van der Waals surface area contributed by atoms with Crippen LogP contribution in [0.25, 0.3) is 5.57 Å². The molecule has 6 nitrogen and oxygen atoms in total. The zero-order valence-electron chi connectivity index (χ0n) is 19.3. The van der Waals surface area contributed by atoms with Crippen LogP contribution in [-0.2, 0) is 4.79 Å². The minimum atomic E-state index is -0.306. The first-order chi connectivity index (χ1) is 14.7. The predicted octanol–water partition coefficient (Wildman–Crippen LogP) is 4.30. The molecule has 0 radical (unpaired) electrons. The molecular weight excluding hydrogens is 388 g/mol. The molecule has 0 unspecified atom stereocenters. The number of nitrogens with zero attached hydrogens (tertiary/aromatic N) is 3. The Bertz CT molecular complexity index is 1010. The number of hydrogen-bond donors (Lipinski definition) is 1. The Labute approximate surface area is 185 Å². The van der Waals surface area contributed by atoms with E-state index in [0.717, 1.165) is 17.8 Å². The van der Waals surface area contributed by atoms with Gasteiger partial charge in [-0.05, 0) is 63.1 Å². The van der Waals surface area contributed by atoms with Crippen molar-refractivity contribution in [3.63, 3.8) is 0 Å². The Balaban J connectivity index is 1.61. The third-order valence-electron chi connectivity index (χ3n) is 5.42. The molecule has 2 aromatic rings. The first-order valence-electron chi connectivity index (χ1n) is 10.5. The topological polar surface area (TPSA) is 57.2 Å². The van der Waals surface area contributed by atoms with Crippen molar-refractivity contribution in [2.75, 3.05) is 37.0 Å². The molecule has 2 aromatic carbocycles. The lowest BCUT2D eigenvalue weighted by molar-refractivity contribution is -0.123. The number of anilines is 2. The highest BCUT2D eigenvalue weighted by Gasteiger charge is 2.29. The van der Waals surface area contributed by atoms with E-state index in [2.05, 4.69) is 61.3 Å². The van der Waals surface area contributed by atoms with Crippen LogP contribution in [0, 0.1) is 0 Å². The van der Waals surface area contributed by atoms with Crippen LogP contribution < -0.4 is 20.0 Å². The van der Waals surface area contributed by atoms with Crippen molar-refractivity contribution in [3.8, 4) is 5.75 Å². The molecule has 1 aliphatic rings. The molecule has 1 heterocycles. The molecule has 1 aliphatic heterocycles. The fourth-order valence-electron chi connectivity index (χ4n) is 3.97. The molecule has 0 aliphatic carbocycles. The van der Waals surface area contributed by atoms with Gasteiger partial charge in [0.2, 0.25) is 0 Å². The summed E-state index contributed by atoms with van der Waals surface area (Å²) in [6.45, 7) is 9.60. The lowest BCUT2D eigenvalue weighted by Crippen LogP contribution is -2.44. The van der Waals surface area contributed by atoms with Gasteiger partial charge in [0.15, 0.2) is 6.61 Å². The SMILES string of the molecule is CCN1c2ccc(/C=N/NC(=O)COc3cccc(N(C)C)c3)cc2C(C)=CC1(C)C. The van der Waals surface area contributed by atoms with E-state index in [4.69, 9.17) is 4.74 Å². The van der Waals surface area contributed by atoms with Gasteiger partial charge in [0, 0.05) is 43.6 Å². The van der Waals surface area contributed by atoms with Gasteiger partial charge in [-0.2, -0.15) is 5.10 Å². The Morgan fingerprint density at radius 2 is 2.00 bits per heavy atom. The summed E-state index contributed by atoms with van der Waals surface area (Å²) in [7, 11) is 3.92. The van der Waals surface area contributed by atoms with Crippen LogP contribution in [-0.4, -0.2) is 44.9 Å². The van der Waals surface area contributed by atoms with Crippen molar-refractivity contribution in [3.05, 3.63) is 59.7 Å². The molecule has 0 bridgehead atoms. The van der Waals surface area contributed by atoms with E-state index in [1.165, 1.54) is 16.8 Å². The third-order valence-corrected chi connectivity index (χ3v) is 5.42. The predicted molar refractivity (Wildman–Crippen MR) is 129 cm³/mol. The quantitative estimate of drug-likeness (QED) is 0.536. The van der Waals surface area contributed by atoms with E-state index in [-0.39, 0.29) is 18.1 Å². The van der Waals surface area contributed by atoms with Gasteiger partial charge in [-0.1, -0.05) is 18.2 Å². The molecule has 3 rings (SSSR count).